The summed E-state index contributed by atoms with van der Waals surface area (Å²) in [5.41, 5.74) is 5.46. The molecule has 1 aliphatic carbocycles. The SMILES string of the molecule is CON=C(C(=O)OC)c1ccccc1COc1ccc(C2CCc3cc(Cl)ccc32)cc1. The normalized spacial score (nSPS) is 15.2. The third-order valence-corrected chi connectivity index (χ3v) is 5.93. The number of hydrogen-bond acceptors (Lipinski definition) is 5. The highest BCUT2D eigenvalue weighted by Crippen LogP contribution is 2.39. The summed E-state index contributed by atoms with van der Waals surface area (Å²) < 4.78 is 10.8. The molecule has 0 N–H and O–H groups in total. The van der Waals surface area contributed by atoms with Crippen LogP contribution < -0.4 is 4.74 Å². The molecule has 0 heterocycles. The first-order valence-corrected chi connectivity index (χ1v) is 10.8. The Balaban J connectivity index is 1.49. The average Bonchev–Trinajstić information content (AvgIpc) is 3.24. The molecule has 164 valence electrons. The maximum absolute atomic E-state index is 12.1. The molecule has 3 aromatic rings. The molecular weight excluding hydrogens is 426 g/mol. The second kappa shape index (κ2) is 9.88. The van der Waals surface area contributed by atoms with E-state index in [9.17, 15) is 4.79 Å². The molecule has 0 aliphatic heterocycles. The van der Waals surface area contributed by atoms with E-state index >= 15 is 0 Å². The summed E-state index contributed by atoms with van der Waals surface area (Å²) in [6.45, 7) is 0.278. The lowest BCUT2D eigenvalue weighted by Crippen LogP contribution is -2.19. The Kier molecular flexibility index (Phi) is 6.76. The van der Waals surface area contributed by atoms with Gasteiger partial charge in [-0.2, -0.15) is 0 Å². The molecule has 0 fully saturated rings. The van der Waals surface area contributed by atoms with Gasteiger partial charge in [0.1, 0.15) is 19.5 Å². The van der Waals surface area contributed by atoms with Gasteiger partial charge in [0, 0.05) is 16.5 Å². The van der Waals surface area contributed by atoms with Gasteiger partial charge in [-0.1, -0.05) is 59.2 Å². The second-order valence-electron chi connectivity index (χ2n) is 7.56. The van der Waals surface area contributed by atoms with E-state index in [1.165, 1.54) is 30.9 Å². The van der Waals surface area contributed by atoms with Gasteiger partial charge in [-0.15, -0.1) is 0 Å². The molecule has 1 atom stereocenters. The van der Waals surface area contributed by atoms with Crippen LogP contribution in [0.2, 0.25) is 5.02 Å². The van der Waals surface area contributed by atoms with Crippen molar-refractivity contribution in [3.8, 4) is 5.75 Å². The van der Waals surface area contributed by atoms with Crippen molar-refractivity contribution < 1.29 is 19.1 Å². The van der Waals surface area contributed by atoms with Crippen LogP contribution >= 0.6 is 11.6 Å². The van der Waals surface area contributed by atoms with Crippen molar-refractivity contribution in [3.05, 3.63) is 99.6 Å². The first-order valence-electron chi connectivity index (χ1n) is 10.4. The van der Waals surface area contributed by atoms with Crippen LogP contribution in [-0.2, 0) is 27.4 Å². The molecule has 3 aromatic carbocycles. The van der Waals surface area contributed by atoms with E-state index in [1.54, 1.807) is 6.07 Å². The molecule has 1 unspecified atom stereocenters. The van der Waals surface area contributed by atoms with Crippen LogP contribution in [0.25, 0.3) is 0 Å². The van der Waals surface area contributed by atoms with Crippen LogP contribution in [0.15, 0.2) is 71.9 Å². The van der Waals surface area contributed by atoms with Crippen LogP contribution in [0.4, 0.5) is 0 Å². The summed E-state index contributed by atoms with van der Waals surface area (Å²) in [4.78, 5) is 16.9. The molecule has 6 heteroatoms. The van der Waals surface area contributed by atoms with Crippen LogP contribution in [0, 0.1) is 0 Å². The molecule has 0 bridgehead atoms. The fraction of sp³-hybridized carbons (Fsp3) is 0.231. The Morgan fingerprint density at radius 3 is 2.59 bits per heavy atom. The van der Waals surface area contributed by atoms with Crippen molar-refractivity contribution in [1.82, 2.24) is 0 Å². The Morgan fingerprint density at radius 2 is 1.84 bits per heavy atom. The van der Waals surface area contributed by atoms with Crippen molar-refractivity contribution >= 4 is 23.3 Å². The molecule has 0 saturated carbocycles. The minimum absolute atomic E-state index is 0.101. The van der Waals surface area contributed by atoms with E-state index in [0.717, 1.165) is 29.2 Å². The predicted octanol–water partition coefficient (Wildman–Crippen LogP) is 5.52. The highest BCUT2D eigenvalue weighted by atomic mass is 35.5. The minimum atomic E-state index is -0.568. The summed E-state index contributed by atoms with van der Waals surface area (Å²) in [5, 5.41) is 4.63. The topological polar surface area (TPSA) is 57.1 Å². The number of rotatable bonds is 7. The third-order valence-electron chi connectivity index (χ3n) is 5.69. The molecule has 0 aromatic heterocycles. The number of oxime groups is 1. The fourth-order valence-corrected chi connectivity index (χ4v) is 4.35. The zero-order valence-electron chi connectivity index (χ0n) is 18.0. The number of carbonyl (C=O) groups excluding carboxylic acids is 1. The van der Waals surface area contributed by atoms with Gasteiger partial charge in [0.25, 0.3) is 0 Å². The van der Waals surface area contributed by atoms with Crippen LogP contribution in [0.3, 0.4) is 0 Å². The standard InChI is InChI=1S/C26H24ClNO4/c1-30-26(29)25(28-31-2)24-6-4-3-5-19(24)16-32-21-11-7-17(8-12-21)22-13-9-18-15-20(27)10-14-23(18)22/h3-8,10-12,14-15,22H,9,13,16H2,1-2H3. The number of methoxy groups -OCH3 is 1. The van der Waals surface area contributed by atoms with Crippen molar-refractivity contribution in [2.75, 3.05) is 14.2 Å². The first kappa shape index (κ1) is 21.9. The van der Waals surface area contributed by atoms with Crippen LogP contribution in [0.5, 0.6) is 5.75 Å². The van der Waals surface area contributed by atoms with Gasteiger partial charge in [0.15, 0.2) is 5.71 Å². The van der Waals surface area contributed by atoms with Gasteiger partial charge in [-0.05, 0) is 59.4 Å². The lowest BCUT2D eigenvalue weighted by Gasteiger charge is -2.14. The summed E-state index contributed by atoms with van der Waals surface area (Å²) in [6, 6.07) is 21.8. The van der Waals surface area contributed by atoms with Gasteiger partial charge in [-0.25, -0.2) is 4.79 Å². The first-order chi connectivity index (χ1) is 15.6. The maximum Gasteiger partial charge on any atom is 0.360 e. The molecule has 0 saturated heterocycles. The Morgan fingerprint density at radius 1 is 1.06 bits per heavy atom. The van der Waals surface area contributed by atoms with E-state index in [0.29, 0.717) is 11.5 Å². The number of esters is 1. The van der Waals surface area contributed by atoms with Crippen LogP contribution in [-0.4, -0.2) is 25.9 Å². The van der Waals surface area contributed by atoms with Crippen molar-refractivity contribution in [1.29, 1.82) is 0 Å². The molecule has 0 radical (unpaired) electrons. The molecule has 4 rings (SSSR count). The number of hydrogen-bond donors (Lipinski definition) is 0. The molecule has 32 heavy (non-hydrogen) atoms. The average molecular weight is 450 g/mol. The number of halogens is 1. The van der Waals surface area contributed by atoms with Crippen molar-refractivity contribution in [3.63, 3.8) is 0 Å². The number of ether oxygens (including phenoxy) is 2. The Hall–Kier alpha value is -3.31. The monoisotopic (exact) mass is 449 g/mol. The molecule has 5 nitrogen and oxygen atoms in total. The van der Waals surface area contributed by atoms with Crippen LogP contribution in [0.1, 0.15) is 40.2 Å². The number of nitrogens with zero attached hydrogens (tertiary/aromatic N) is 1. The van der Waals surface area contributed by atoms with E-state index in [2.05, 4.69) is 29.4 Å². The van der Waals surface area contributed by atoms with Crippen molar-refractivity contribution in [2.45, 2.75) is 25.4 Å². The van der Waals surface area contributed by atoms with Gasteiger partial charge in [-0.3, -0.25) is 0 Å². The Labute approximate surface area is 192 Å². The van der Waals surface area contributed by atoms with Gasteiger partial charge in [0.05, 0.1) is 7.11 Å². The van der Waals surface area contributed by atoms with E-state index < -0.39 is 5.97 Å². The summed E-state index contributed by atoms with van der Waals surface area (Å²) in [5.74, 6) is 0.563. The molecule has 0 spiro atoms. The second-order valence-corrected chi connectivity index (χ2v) is 8.00. The predicted molar refractivity (Wildman–Crippen MR) is 124 cm³/mol. The quantitative estimate of drug-likeness (QED) is 0.271. The largest absolute Gasteiger partial charge is 0.489 e. The Bertz CT molecular complexity index is 1140. The number of carbonyl (C=O) groups is 1. The minimum Gasteiger partial charge on any atom is -0.489 e. The van der Waals surface area contributed by atoms with Gasteiger partial charge >= 0.3 is 5.97 Å². The highest BCUT2D eigenvalue weighted by Gasteiger charge is 2.24. The van der Waals surface area contributed by atoms with Crippen molar-refractivity contribution in [2.24, 2.45) is 5.16 Å². The molecule has 0 amide bonds. The molecule has 1 aliphatic rings. The number of fused-ring (bicyclic) bond motifs is 1. The molecular formula is C26H24ClNO4. The lowest BCUT2D eigenvalue weighted by atomic mass is 9.93. The summed E-state index contributed by atoms with van der Waals surface area (Å²) in [7, 11) is 2.70. The summed E-state index contributed by atoms with van der Waals surface area (Å²) >= 11 is 6.14. The lowest BCUT2D eigenvalue weighted by molar-refractivity contribution is -0.132. The third kappa shape index (κ3) is 4.63. The summed E-state index contributed by atoms with van der Waals surface area (Å²) in [6.07, 6.45) is 2.12. The zero-order valence-corrected chi connectivity index (χ0v) is 18.8. The van der Waals surface area contributed by atoms with E-state index in [4.69, 9.17) is 25.9 Å². The number of benzene rings is 3. The fourth-order valence-electron chi connectivity index (χ4n) is 4.15. The van der Waals surface area contributed by atoms with E-state index in [-0.39, 0.29) is 12.3 Å². The smallest absolute Gasteiger partial charge is 0.360 e. The maximum atomic E-state index is 12.1. The van der Waals surface area contributed by atoms with Gasteiger partial charge < -0.3 is 14.3 Å². The van der Waals surface area contributed by atoms with Gasteiger partial charge in [0.2, 0.25) is 0 Å². The number of aryl methyl sites for hydroxylation is 1. The van der Waals surface area contributed by atoms with E-state index in [1.807, 2.05) is 36.4 Å². The zero-order chi connectivity index (χ0) is 22.5. The highest BCUT2D eigenvalue weighted by molar-refractivity contribution is 6.43.